The van der Waals surface area contributed by atoms with Gasteiger partial charge in [0, 0.05) is 23.7 Å². The molecule has 1 aliphatic carbocycles. The van der Waals surface area contributed by atoms with Crippen LogP contribution >= 0.6 is 0 Å². The molecule has 0 atom stereocenters. The largest absolute Gasteiger partial charge is 0.493 e. The molecule has 0 amide bonds. The molecule has 0 saturated heterocycles. The van der Waals surface area contributed by atoms with Gasteiger partial charge in [-0.15, -0.1) is 0 Å². The van der Waals surface area contributed by atoms with Crippen molar-refractivity contribution < 1.29 is 14.2 Å². The average molecular weight is 381 g/mol. The lowest BCUT2D eigenvalue weighted by Gasteiger charge is -2.12. The van der Waals surface area contributed by atoms with Gasteiger partial charge >= 0.3 is 0 Å². The van der Waals surface area contributed by atoms with Crippen molar-refractivity contribution in [3.63, 3.8) is 0 Å². The zero-order chi connectivity index (χ0) is 19.3. The van der Waals surface area contributed by atoms with Crippen molar-refractivity contribution in [1.29, 1.82) is 0 Å². The van der Waals surface area contributed by atoms with Crippen molar-refractivity contribution >= 4 is 11.6 Å². The van der Waals surface area contributed by atoms with E-state index >= 15 is 0 Å². The van der Waals surface area contributed by atoms with Crippen molar-refractivity contribution in [3.05, 3.63) is 47.5 Å². The number of rotatable bonds is 6. The van der Waals surface area contributed by atoms with Gasteiger partial charge in [0.1, 0.15) is 5.75 Å². The first kappa shape index (κ1) is 18.5. The lowest BCUT2D eigenvalue weighted by Crippen LogP contribution is -2.22. The number of aryl methyl sites for hydroxylation is 1. The highest BCUT2D eigenvalue weighted by molar-refractivity contribution is 5.92. The first-order valence-corrected chi connectivity index (χ1v) is 9.86. The molecular weight excluding hydrogens is 354 g/mol. The molecule has 6 nitrogen and oxygen atoms in total. The predicted molar refractivity (Wildman–Crippen MR) is 110 cm³/mol. The Morgan fingerprint density at radius 1 is 1.14 bits per heavy atom. The number of hydrogen-bond acceptors (Lipinski definition) is 4. The van der Waals surface area contributed by atoms with E-state index in [0.717, 1.165) is 41.5 Å². The Labute approximate surface area is 165 Å². The van der Waals surface area contributed by atoms with E-state index in [-0.39, 0.29) is 0 Å². The number of nitrogens with zero attached hydrogens (tertiary/aromatic N) is 1. The SMILES string of the molecule is Cc1ccc(CN=C(N)Nc2ccc3c(c2)OCCCO3)c(OCC2CC2)c1. The summed E-state index contributed by atoms with van der Waals surface area (Å²) in [6.07, 6.45) is 3.42. The molecule has 2 aromatic rings. The van der Waals surface area contributed by atoms with Gasteiger partial charge in [-0.3, -0.25) is 0 Å². The van der Waals surface area contributed by atoms with Crippen LogP contribution in [0.2, 0.25) is 0 Å². The maximum atomic E-state index is 6.10. The van der Waals surface area contributed by atoms with Gasteiger partial charge in [-0.05, 0) is 49.4 Å². The third kappa shape index (κ3) is 4.88. The van der Waals surface area contributed by atoms with E-state index in [1.165, 1.54) is 18.4 Å². The van der Waals surface area contributed by atoms with Crippen LogP contribution in [0.4, 0.5) is 5.69 Å². The zero-order valence-corrected chi connectivity index (χ0v) is 16.2. The highest BCUT2D eigenvalue weighted by atomic mass is 16.5. The topological polar surface area (TPSA) is 78.1 Å². The van der Waals surface area contributed by atoms with E-state index < -0.39 is 0 Å². The molecule has 1 fully saturated rings. The summed E-state index contributed by atoms with van der Waals surface area (Å²) in [6.45, 7) is 4.63. The van der Waals surface area contributed by atoms with Crippen molar-refractivity contribution in [1.82, 2.24) is 0 Å². The van der Waals surface area contributed by atoms with Gasteiger partial charge < -0.3 is 25.3 Å². The van der Waals surface area contributed by atoms with Crippen molar-refractivity contribution in [3.8, 4) is 17.2 Å². The van der Waals surface area contributed by atoms with E-state index in [1.54, 1.807) is 0 Å². The third-order valence-electron chi connectivity index (χ3n) is 4.83. The van der Waals surface area contributed by atoms with Gasteiger partial charge in [0.05, 0.1) is 26.4 Å². The minimum absolute atomic E-state index is 0.350. The lowest BCUT2D eigenvalue weighted by atomic mass is 10.1. The first-order valence-electron chi connectivity index (χ1n) is 9.86. The maximum absolute atomic E-state index is 6.10. The summed E-state index contributed by atoms with van der Waals surface area (Å²) in [5.74, 6) is 3.45. The molecule has 1 saturated carbocycles. The fourth-order valence-electron chi connectivity index (χ4n) is 3.02. The number of nitrogens with two attached hydrogens (primary N) is 1. The Morgan fingerprint density at radius 2 is 1.96 bits per heavy atom. The van der Waals surface area contributed by atoms with E-state index in [2.05, 4.69) is 35.4 Å². The van der Waals surface area contributed by atoms with E-state index in [0.29, 0.717) is 31.6 Å². The molecule has 0 radical (unpaired) electrons. The minimum Gasteiger partial charge on any atom is -0.493 e. The first-order chi connectivity index (χ1) is 13.7. The van der Waals surface area contributed by atoms with Crippen LogP contribution in [0.3, 0.4) is 0 Å². The lowest BCUT2D eigenvalue weighted by molar-refractivity contribution is 0.296. The number of fused-ring (bicyclic) bond motifs is 1. The molecule has 3 N–H and O–H groups in total. The maximum Gasteiger partial charge on any atom is 0.193 e. The van der Waals surface area contributed by atoms with Crippen molar-refractivity contribution in [2.24, 2.45) is 16.6 Å². The second kappa shape index (κ2) is 8.42. The summed E-state index contributed by atoms with van der Waals surface area (Å²) in [4.78, 5) is 4.48. The fourth-order valence-corrected chi connectivity index (χ4v) is 3.02. The summed E-state index contributed by atoms with van der Waals surface area (Å²) < 4.78 is 17.4. The van der Waals surface area contributed by atoms with Crippen molar-refractivity contribution in [2.75, 3.05) is 25.1 Å². The van der Waals surface area contributed by atoms with Crippen LogP contribution in [-0.2, 0) is 6.54 Å². The van der Waals surface area contributed by atoms with Gasteiger partial charge in [0.25, 0.3) is 0 Å². The van der Waals surface area contributed by atoms with Gasteiger partial charge in [0.2, 0.25) is 0 Å². The third-order valence-corrected chi connectivity index (χ3v) is 4.83. The predicted octanol–water partition coefficient (Wildman–Crippen LogP) is 3.87. The van der Waals surface area contributed by atoms with Crippen LogP contribution in [0.5, 0.6) is 17.2 Å². The summed E-state index contributed by atoms with van der Waals surface area (Å²) in [7, 11) is 0. The monoisotopic (exact) mass is 381 g/mol. The van der Waals surface area contributed by atoms with Crippen LogP contribution in [-0.4, -0.2) is 25.8 Å². The van der Waals surface area contributed by atoms with Crippen LogP contribution in [0.15, 0.2) is 41.4 Å². The Kier molecular flexibility index (Phi) is 5.55. The summed E-state index contributed by atoms with van der Waals surface area (Å²) in [5, 5.41) is 3.13. The van der Waals surface area contributed by atoms with Gasteiger partial charge in [-0.1, -0.05) is 12.1 Å². The molecule has 2 aromatic carbocycles. The van der Waals surface area contributed by atoms with E-state index in [4.69, 9.17) is 19.9 Å². The quantitative estimate of drug-likeness (QED) is 0.587. The molecule has 28 heavy (non-hydrogen) atoms. The number of hydrogen-bond donors (Lipinski definition) is 2. The number of benzene rings is 2. The molecule has 0 unspecified atom stereocenters. The Bertz CT molecular complexity index is 862. The van der Waals surface area contributed by atoms with Gasteiger partial charge in [-0.2, -0.15) is 0 Å². The highest BCUT2D eigenvalue weighted by Crippen LogP contribution is 2.32. The van der Waals surface area contributed by atoms with Crippen LogP contribution in [0.25, 0.3) is 0 Å². The number of aliphatic imine (C=N–C) groups is 1. The number of anilines is 1. The second-order valence-corrected chi connectivity index (χ2v) is 7.40. The van der Waals surface area contributed by atoms with E-state index in [1.807, 2.05) is 18.2 Å². The van der Waals surface area contributed by atoms with Gasteiger partial charge in [-0.25, -0.2) is 4.99 Å². The highest BCUT2D eigenvalue weighted by Gasteiger charge is 2.22. The number of ether oxygens (including phenoxy) is 3. The molecule has 0 spiro atoms. The standard InChI is InChI=1S/C22H27N3O3/c1-15-3-6-17(20(11-15)28-14-16-4-5-16)13-24-22(23)25-18-7-8-19-21(12-18)27-10-2-9-26-19/h3,6-8,11-12,16H,2,4-5,9-10,13-14H2,1H3,(H3,23,24,25). The molecule has 1 heterocycles. The van der Waals surface area contributed by atoms with Crippen LogP contribution in [0, 0.1) is 12.8 Å². The molecule has 6 heteroatoms. The van der Waals surface area contributed by atoms with E-state index in [9.17, 15) is 0 Å². The molecule has 1 aliphatic heterocycles. The van der Waals surface area contributed by atoms with Gasteiger partial charge in [0.15, 0.2) is 17.5 Å². The Hall–Kier alpha value is -2.89. The van der Waals surface area contributed by atoms with Crippen molar-refractivity contribution in [2.45, 2.75) is 32.7 Å². The number of nitrogens with one attached hydrogen (secondary N) is 1. The molecule has 2 aliphatic rings. The second-order valence-electron chi connectivity index (χ2n) is 7.40. The fraction of sp³-hybridized carbons (Fsp3) is 0.409. The summed E-state index contributed by atoms with van der Waals surface area (Å²) >= 11 is 0. The molecule has 148 valence electrons. The number of guanidine groups is 1. The molecule has 0 bridgehead atoms. The molecular formula is C22H27N3O3. The smallest absolute Gasteiger partial charge is 0.193 e. The summed E-state index contributed by atoms with van der Waals surface area (Å²) in [5.41, 5.74) is 9.13. The van der Waals surface area contributed by atoms with Crippen LogP contribution in [0.1, 0.15) is 30.4 Å². The summed E-state index contributed by atoms with van der Waals surface area (Å²) in [6, 6.07) is 11.9. The van der Waals surface area contributed by atoms with Crippen LogP contribution < -0.4 is 25.3 Å². The zero-order valence-electron chi connectivity index (χ0n) is 16.2. The average Bonchev–Trinajstić information content (AvgIpc) is 3.52. The molecule has 4 rings (SSSR count). The molecule has 0 aromatic heterocycles. The minimum atomic E-state index is 0.350. The normalized spacial score (nSPS) is 16.4. The Morgan fingerprint density at radius 3 is 2.79 bits per heavy atom. The Balaban J connectivity index is 1.41.